The Hall–Kier alpha value is -4.97. The second kappa shape index (κ2) is 12.7. The summed E-state index contributed by atoms with van der Waals surface area (Å²) in [4.78, 5) is 43.8. The molecule has 2 aromatic heterocycles. The Bertz CT molecular complexity index is 1970. The first-order valence-electron chi connectivity index (χ1n) is 14.0. The third kappa shape index (κ3) is 5.68. The molecule has 0 unspecified atom stereocenters. The lowest BCUT2D eigenvalue weighted by molar-refractivity contribution is -0.385. The number of hydrogen-bond donors (Lipinski definition) is 0. The summed E-state index contributed by atoms with van der Waals surface area (Å²) in [6.07, 6.45) is 2.81. The van der Waals surface area contributed by atoms with E-state index in [4.69, 9.17) is 23.6 Å². The monoisotopic (exact) mass is 617 g/mol. The number of aryl methyl sites for hydroxylation is 1. The highest BCUT2D eigenvalue weighted by Crippen LogP contribution is 2.39. The van der Waals surface area contributed by atoms with Gasteiger partial charge in [-0.2, -0.15) is 0 Å². The fourth-order valence-electron chi connectivity index (χ4n) is 5.14. The van der Waals surface area contributed by atoms with Crippen molar-refractivity contribution >= 4 is 29.1 Å². The van der Waals surface area contributed by atoms with Gasteiger partial charge in [-0.15, -0.1) is 0 Å². The van der Waals surface area contributed by atoms with Crippen LogP contribution in [0.5, 0.6) is 11.5 Å². The van der Waals surface area contributed by atoms with Gasteiger partial charge in [0.25, 0.3) is 11.2 Å². The molecule has 0 bridgehead atoms. The summed E-state index contributed by atoms with van der Waals surface area (Å²) in [5.41, 5.74) is 2.03. The summed E-state index contributed by atoms with van der Waals surface area (Å²) in [6, 6.07) is 12.6. The number of aromatic nitrogens is 1. The van der Waals surface area contributed by atoms with E-state index in [2.05, 4.69) is 0 Å². The van der Waals surface area contributed by atoms with Crippen molar-refractivity contribution in [2.45, 2.75) is 39.7 Å². The van der Waals surface area contributed by atoms with E-state index in [0.29, 0.717) is 67.6 Å². The number of benzene rings is 2. The largest absolute Gasteiger partial charge is 0.497 e. The summed E-state index contributed by atoms with van der Waals surface area (Å²) in [5.74, 6) is 1.22. The van der Waals surface area contributed by atoms with Crippen LogP contribution >= 0.6 is 11.3 Å². The maximum absolute atomic E-state index is 14.1. The number of furan rings is 1. The molecule has 2 aromatic carbocycles. The summed E-state index contributed by atoms with van der Waals surface area (Å²) in [5, 5.41) is 11.4. The van der Waals surface area contributed by atoms with Crippen LogP contribution in [-0.4, -0.2) is 36.3 Å². The van der Waals surface area contributed by atoms with Crippen LogP contribution in [0.2, 0.25) is 0 Å². The number of nitrogens with zero attached hydrogens (tertiary/aromatic N) is 3. The average Bonchev–Trinajstić information content (AvgIpc) is 3.60. The predicted molar refractivity (Wildman–Crippen MR) is 165 cm³/mol. The molecular weight excluding hydrogens is 586 g/mol. The molecule has 4 aromatic rings. The number of rotatable bonds is 10. The normalized spacial score (nSPS) is 14.7. The number of methoxy groups -OCH3 is 2. The van der Waals surface area contributed by atoms with E-state index in [9.17, 15) is 19.7 Å². The zero-order valence-corrected chi connectivity index (χ0v) is 25.7. The molecule has 5 rings (SSSR count). The molecule has 1 aliphatic heterocycles. The van der Waals surface area contributed by atoms with Crippen molar-refractivity contribution in [3.05, 3.63) is 106 Å². The first kappa shape index (κ1) is 30.5. The Labute approximate surface area is 256 Å². The van der Waals surface area contributed by atoms with Crippen LogP contribution in [-0.2, 0) is 9.53 Å². The van der Waals surface area contributed by atoms with Crippen molar-refractivity contribution in [3.8, 4) is 22.8 Å². The van der Waals surface area contributed by atoms with E-state index in [0.717, 1.165) is 0 Å². The Morgan fingerprint density at radius 2 is 1.93 bits per heavy atom. The van der Waals surface area contributed by atoms with Crippen LogP contribution in [0.1, 0.15) is 49.6 Å². The molecule has 0 saturated carbocycles. The van der Waals surface area contributed by atoms with Crippen molar-refractivity contribution in [1.82, 2.24) is 4.57 Å². The van der Waals surface area contributed by atoms with Crippen molar-refractivity contribution in [3.63, 3.8) is 0 Å². The van der Waals surface area contributed by atoms with E-state index in [1.807, 2.05) is 6.92 Å². The number of allylic oxidation sites excluding steroid dienone is 1. The first-order valence-corrected chi connectivity index (χ1v) is 14.8. The smallest absolute Gasteiger partial charge is 0.338 e. The number of hydrogen-bond acceptors (Lipinski definition) is 10. The fraction of sp³-hybridized carbons (Fsp3) is 0.281. The number of ether oxygens (including phenoxy) is 3. The van der Waals surface area contributed by atoms with E-state index in [-0.39, 0.29) is 23.4 Å². The van der Waals surface area contributed by atoms with Crippen LogP contribution < -0.4 is 24.4 Å². The number of fused-ring (bicyclic) bond motifs is 1. The van der Waals surface area contributed by atoms with Crippen LogP contribution in [0, 0.1) is 17.0 Å². The van der Waals surface area contributed by atoms with Crippen molar-refractivity contribution in [1.29, 1.82) is 0 Å². The molecule has 12 heteroatoms. The second-order valence-electron chi connectivity index (χ2n) is 9.98. The Morgan fingerprint density at radius 3 is 2.61 bits per heavy atom. The molecule has 1 aliphatic rings. The number of nitro benzene ring substituents is 1. The topological polar surface area (TPSA) is 135 Å². The van der Waals surface area contributed by atoms with Crippen molar-refractivity contribution in [2.24, 2.45) is 4.99 Å². The lowest BCUT2D eigenvalue weighted by Crippen LogP contribution is -2.40. The highest BCUT2D eigenvalue weighted by Gasteiger charge is 2.36. The van der Waals surface area contributed by atoms with E-state index < -0.39 is 16.9 Å². The Balaban J connectivity index is 1.70. The number of carbonyl (C=O) groups excluding carboxylic acids is 1. The maximum atomic E-state index is 14.1. The molecule has 0 N–H and O–H groups in total. The van der Waals surface area contributed by atoms with Gasteiger partial charge in [0.05, 0.1) is 41.6 Å². The molecule has 0 aliphatic carbocycles. The van der Waals surface area contributed by atoms with E-state index in [1.165, 1.54) is 36.2 Å². The van der Waals surface area contributed by atoms with Gasteiger partial charge in [0.1, 0.15) is 29.1 Å². The van der Waals surface area contributed by atoms with Gasteiger partial charge in [0.2, 0.25) is 0 Å². The molecule has 228 valence electrons. The van der Waals surface area contributed by atoms with Crippen LogP contribution in [0.15, 0.2) is 74.0 Å². The lowest BCUT2D eigenvalue weighted by atomic mass is 9.93. The number of thiazole rings is 1. The third-order valence-electron chi connectivity index (χ3n) is 7.21. The summed E-state index contributed by atoms with van der Waals surface area (Å²) >= 11 is 1.17. The van der Waals surface area contributed by atoms with E-state index in [1.54, 1.807) is 62.4 Å². The molecule has 3 heterocycles. The molecule has 11 nitrogen and oxygen atoms in total. The second-order valence-corrected chi connectivity index (χ2v) is 11.0. The molecule has 0 radical (unpaired) electrons. The van der Waals surface area contributed by atoms with E-state index >= 15 is 0 Å². The van der Waals surface area contributed by atoms with Crippen LogP contribution in [0.25, 0.3) is 17.4 Å². The highest BCUT2D eigenvalue weighted by molar-refractivity contribution is 7.07. The summed E-state index contributed by atoms with van der Waals surface area (Å²) < 4.78 is 24.4. The minimum absolute atomic E-state index is 0.0120. The minimum Gasteiger partial charge on any atom is -0.497 e. The molecule has 0 amide bonds. The quantitative estimate of drug-likeness (QED) is 0.137. The molecule has 1 atom stereocenters. The van der Waals surface area contributed by atoms with Gasteiger partial charge in [-0.1, -0.05) is 36.8 Å². The zero-order valence-electron chi connectivity index (χ0n) is 24.9. The third-order valence-corrected chi connectivity index (χ3v) is 8.20. The summed E-state index contributed by atoms with van der Waals surface area (Å²) in [6.45, 7) is 5.53. The molecular formula is C32H31N3O8S. The van der Waals surface area contributed by atoms with Crippen molar-refractivity contribution in [2.75, 3.05) is 20.8 Å². The van der Waals surface area contributed by atoms with Crippen LogP contribution in [0.4, 0.5) is 5.69 Å². The van der Waals surface area contributed by atoms with Crippen molar-refractivity contribution < 1.29 is 28.3 Å². The Morgan fingerprint density at radius 1 is 1.14 bits per heavy atom. The fourth-order valence-corrected chi connectivity index (χ4v) is 6.14. The standard InChI is InChI=1S/C32H31N3O8S/c1-6-8-23-28(31(37)42-7-2)29(22-16-20(40-4)11-14-26(22)41-5)34-30(36)27(44-32(34)33-23)17-21-12-13-25(43-21)19-10-9-18(3)24(15-19)35(38)39/h9-17,29H,6-8H2,1-5H3/b27-17-/t29-/m0/s1. The molecule has 0 saturated heterocycles. The molecule has 0 spiro atoms. The van der Waals surface area contributed by atoms with Gasteiger partial charge in [-0.3, -0.25) is 19.5 Å². The number of carbonyl (C=O) groups is 1. The van der Waals surface area contributed by atoms with Gasteiger partial charge >= 0.3 is 5.97 Å². The minimum atomic E-state index is -0.890. The molecule has 44 heavy (non-hydrogen) atoms. The predicted octanol–water partition coefficient (Wildman–Crippen LogP) is 5.07. The Kier molecular flexibility index (Phi) is 8.81. The van der Waals surface area contributed by atoms with Gasteiger partial charge in [-0.25, -0.2) is 9.79 Å². The van der Waals surface area contributed by atoms with Crippen LogP contribution in [0.3, 0.4) is 0 Å². The summed E-state index contributed by atoms with van der Waals surface area (Å²) in [7, 11) is 3.06. The average molecular weight is 618 g/mol. The highest BCUT2D eigenvalue weighted by atomic mass is 32.1. The van der Waals surface area contributed by atoms with Gasteiger partial charge < -0.3 is 18.6 Å². The van der Waals surface area contributed by atoms with Gasteiger partial charge in [0, 0.05) is 28.8 Å². The molecule has 0 fully saturated rings. The maximum Gasteiger partial charge on any atom is 0.338 e. The first-order chi connectivity index (χ1) is 21.2. The SMILES string of the molecule is CCCC1=C(C(=O)OCC)[C@H](c2cc(OC)ccc2OC)n2c(s/c(=C\c3ccc(-c4ccc(C)c([N+](=O)[O-])c4)o3)c2=O)=N1. The zero-order chi connectivity index (χ0) is 31.5. The van der Waals surface area contributed by atoms with Gasteiger partial charge in [-0.05, 0) is 50.6 Å². The van der Waals surface area contributed by atoms with Gasteiger partial charge in [0.15, 0.2) is 4.80 Å². The number of esters is 1. The number of nitro groups is 1. The lowest BCUT2D eigenvalue weighted by Gasteiger charge is -2.27.